The Morgan fingerprint density at radius 1 is 0.800 bits per heavy atom. The van der Waals surface area contributed by atoms with Crippen LogP contribution in [0, 0.1) is 0 Å². The van der Waals surface area contributed by atoms with E-state index in [1.54, 1.807) is 0 Å². The highest BCUT2D eigenvalue weighted by atomic mass is 16.5. The normalized spacial score (nSPS) is 10.3. The molecule has 5 nitrogen and oxygen atoms in total. The van der Waals surface area contributed by atoms with Gasteiger partial charge in [-0.25, -0.2) is 0 Å². The second-order valence-corrected chi connectivity index (χ2v) is 6.87. The fourth-order valence-corrected chi connectivity index (χ4v) is 2.87. The molecule has 0 fully saturated rings. The lowest BCUT2D eigenvalue weighted by molar-refractivity contribution is -0.114. The first kappa shape index (κ1) is 21.2. The van der Waals surface area contributed by atoms with E-state index in [-0.39, 0.29) is 12.5 Å². The van der Waals surface area contributed by atoms with Crippen LogP contribution in [0.5, 0.6) is 11.5 Å². The summed E-state index contributed by atoms with van der Waals surface area (Å²) in [5, 5.41) is 6.08. The van der Waals surface area contributed by atoms with Gasteiger partial charge in [-0.3, -0.25) is 4.79 Å². The quantitative estimate of drug-likeness (QED) is 0.415. The van der Waals surface area contributed by atoms with Crippen LogP contribution in [0.1, 0.15) is 25.3 Å². The first-order chi connectivity index (χ1) is 14.8. The van der Waals surface area contributed by atoms with Crippen LogP contribution < -0.4 is 20.1 Å². The van der Waals surface area contributed by atoms with Crippen molar-refractivity contribution in [3.63, 3.8) is 0 Å². The molecule has 0 radical (unpaired) electrons. The number of amides is 1. The zero-order chi connectivity index (χ0) is 21.0. The van der Waals surface area contributed by atoms with Crippen LogP contribution in [0.25, 0.3) is 0 Å². The molecular formula is C25H28N2O3. The number of rotatable bonds is 11. The molecule has 0 saturated carbocycles. The fraction of sp³-hybridized carbons (Fsp3) is 0.240. The van der Waals surface area contributed by atoms with Gasteiger partial charge in [0.05, 0.1) is 24.5 Å². The number of nitrogens with one attached hydrogen (secondary N) is 2. The van der Waals surface area contributed by atoms with Crippen molar-refractivity contribution in [2.75, 3.05) is 23.8 Å². The maximum absolute atomic E-state index is 12.5. The summed E-state index contributed by atoms with van der Waals surface area (Å²) in [7, 11) is 0. The predicted molar refractivity (Wildman–Crippen MR) is 121 cm³/mol. The molecule has 2 N–H and O–H groups in total. The van der Waals surface area contributed by atoms with Crippen molar-refractivity contribution in [2.45, 2.75) is 26.4 Å². The molecule has 30 heavy (non-hydrogen) atoms. The predicted octanol–water partition coefficient (Wildman–Crippen LogP) is 5.50. The zero-order valence-electron chi connectivity index (χ0n) is 17.3. The Hall–Kier alpha value is -3.47. The van der Waals surface area contributed by atoms with Crippen molar-refractivity contribution >= 4 is 17.3 Å². The van der Waals surface area contributed by atoms with Gasteiger partial charge in [0.2, 0.25) is 5.91 Å². The smallest absolute Gasteiger partial charge is 0.243 e. The fourth-order valence-electron chi connectivity index (χ4n) is 2.87. The van der Waals surface area contributed by atoms with E-state index in [0.29, 0.717) is 24.7 Å². The molecule has 0 aliphatic rings. The lowest BCUT2D eigenvalue weighted by atomic mass is 10.2. The number of anilines is 2. The van der Waals surface area contributed by atoms with Gasteiger partial charge < -0.3 is 20.1 Å². The summed E-state index contributed by atoms with van der Waals surface area (Å²) in [5.74, 6) is 1.23. The second kappa shape index (κ2) is 11.5. The third-order valence-electron chi connectivity index (χ3n) is 4.48. The molecule has 0 saturated heterocycles. The lowest BCUT2D eigenvalue weighted by Crippen LogP contribution is -2.22. The molecule has 0 aliphatic carbocycles. The summed E-state index contributed by atoms with van der Waals surface area (Å²) >= 11 is 0. The molecule has 3 rings (SSSR count). The number of carbonyl (C=O) groups excluding carboxylic acids is 1. The Bertz CT molecular complexity index is 928. The van der Waals surface area contributed by atoms with E-state index in [9.17, 15) is 4.79 Å². The summed E-state index contributed by atoms with van der Waals surface area (Å²) in [4.78, 5) is 12.5. The third kappa shape index (κ3) is 6.55. The van der Waals surface area contributed by atoms with Crippen molar-refractivity contribution in [3.05, 3.63) is 84.4 Å². The Kier molecular flexibility index (Phi) is 8.15. The number of para-hydroxylation sites is 4. The standard InChI is InChI=1S/C25H28N2O3/c1-2-3-17-29-23-15-9-7-13-21(23)26-18-25(28)27-22-14-8-10-16-24(22)30-19-20-11-5-4-6-12-20/h4-16,26H,2-3,17-19H2,1H3,(H,27,28). The van der Waals surface area contributed by atoms with Crippen LogP contribution in [0.3, 0.4) is 0 Å². The van der Waals surface area contributed by atoms with Crippen molar-refractivity contribution in [3.8, 4) is 11.5 Å². The highest BCUT2D eigenvalue weighted by Gasteiger charge is 2.09. The van der Waals surface area contributed by atoms with E-state index >= 15 is 0 Å². The maximum atomic E-state index is 12.5. The monoisotopic (exact) mass is 404 g/mol. The summed E-state index contributed by atoms with van der Waals surface area (Å²) in [6.45, 7) is 3.35. The first-order valence-corrected chi connectivity index (χ1v) is 10.3. The molecular weight excluding hydrogens is 376 g/mol. The summed E-state index contributed by atoms with van der Waals surface area (Å²) in [6, 6.07) is 25.0. The number of unbranched alkanes of at least 4 members (excludes halogenated alkanes) is 1. The highest BCUT2D eigenvalue weighted by Crippen LogP contribution is 2.26. The largest absolute Gasteiger partial charge is 0.491 e. The van der Waals surface area contributed by atoms with E-state index in [1.807, 2.05) is 78.9 Å². The summed E-state index contributed by atoms with van der Waals surface area (Å²) in [6.07, 6.45) is 2.07. The van der Waals surface area contributed by atoms with E-state index in [1.165, 1.54) is 0 Å². The minimum absolute atomic E-state index is 0.126. The molecule has 0 atom stereocenters. The number of benzene rings is 3. The van der Waals surface area contributed by atoms with Gasteiger partial charge in [0.15, 0.2) is 0 Å². The van der Waals surface area contributed by atoms with Gasteiger partial charge in [0.1, 0.15) is 18.1 Å². The van der Waals surface area contributed by atoms with Gasteiger partial charge in [-0.2, -0.15) is 0 Å². The molecule has 0 aliphatic heterocycles. The molecule has 5 heteroatoms. The topological polar surface area (TPSA) is 59.6 Å². The average Bonchev–Trinajstić information content (AvgIpc) is 2.79. The molecule has 0 heterocycles. The van der Waals surface area contributed by atoms with Gasteiger partial charge in [-0.1, -0.05) is 67.9 Å². The van der Waals surface area contributed by atoms with E-state index in [0.717, 1.165) is 29.8 Å². The maximum Gasteiger partial charge on any atom is 0.243 e. The van der Waals surface area contributed by atoms with Crippen molar-refractivity contribution in [1.29, 1.82) is 0 Å². The Labute approximate surface area is 178 Å². The van der Waals surface area contributed by atoms with E-state index in [2.05, 4.69) is 17.6 Å². The van der Waals surface area contributed by atoms with E-state index in [4.69, 9.17) is 9.47 Å². The Morgan fingerprint density at radius 2 is 1.43 bits per heavy atom. The van der Waals surface area contributed by atoms with Gasteiger partial charge >= 0.3 is 0 Å². The molecule has 3 aromatic rings. The molecule has 0 spiro atoms. The van der Waals surface area contributed by atoms with Crippen LogP contribution >= 0.6 is 0 Å². The molecule has 0 aromatic heterocycles. The molecule has 0 bridgehead atoms. The van der Waals surface area contributed by atoms with Crippen LogP contribution in [0.4, 0.5) is 11.4 Å². The van der Waals surface area contributed by atoms with Gasteiger partial charge in [-0.15, -0.1) is 0 Å². The zero-order valence-corrected chi connectivity index (χ0v) is 17.3. The number of ether oxygens (including phenoxy) is 2. The van der Waals surface area contributed by atoms with Gasteiger partial charge in [0, 0.05) is 0 Å². The van der Waals surface area contributed by atoms with Crippen LogP contribution in [-0.2, 0) is 11.4 Å². The number of carbonyl (C=O) groups is 1. The minimum Gasteiger partial charge on any atom is -0.491 e. The minimum atomic E-state index is -0.158. The summed E-state index contributed by atoms with van der Waals surface area (Å²) < 4.78 is 11.7. The lowest BCUT2D eigenvalue weighted by Gasteiger charge is -2.15. The van der Waals surface area contributed by atoms with Crippen LogP contribution in [0.2, 0.25) is 0 Å². The van der Waals surface area contributed by atoms with Crippen molar-refractivity contribution in [1.82, 2.24) is 0 Å². The van der Waals surface area contributed by atoms with Gasteiger partial charge in [0.25, 0.3) is 0 Å². The highest BCUT2D eigenvalue weighted by molar-refractivity contribution is 5.95. The molecule has 156 valence electrons. The van der Waals surface area contributed by atoms with E-state index < -0.39 is 0 Å². The van der Waals surface area contributed by atoms with Gasteiger partial charge in [-0.05, 0) is 36.2 Å². The van der Waals surface area contributed by atoms with Crippen molar-refractivity contribution in [2.24, 2.45) is 0 Å². The number of hydrogen-bond donors (Lipinski definition) is 2. The third-order valence-corrected chi connectivity index (χ3v) is 4.48. The second-order valence-electron chi connectivity index (χ2n) is 6.87. The first-order valence-electron chi connectivity index (χ1n) is 10.3. The molecule has 3 aromatic carbocycles. The van der Waals surface area contributed by atoms with Crippen LogP contribution in [0.15, 0.2) is 78.9 Å². The molecule has 0 unspecified atom stereocenters. The Morgan fingerprint density at radius 3 is 2.17 bits per heavy atom. The van der Waals surface area contributed by atoms with Crippen LogP contribution in [-0.4, -0.2) is 19.1 Å². The SMILES string of the molecule is CCCCOc1ccccc1NCC(=O)Nc1ccccc1OCc1ccccc1. The average molecular weight is 405 g/mol. The molecule has 1 amide bonds. The summed E-state index contributed by atoms with van der Waals surface area (Å²) in [5.41, 5.74) is 2.52. The van der Waals surface area contributed by atoms with Crippen molar-refractivity contribution < 1.29 is 14.3 Å². The number of hydrogen-bond acceptors (Lipinski definition) is 4. The Balaban J connectivity index is 1.55.